The number of ketones is 3. The van der Waals surface area contributed by atoms with Crippen molar-refractivity contribution in [3.05, 3.63) is 0 Å². The van der Waals surface area contributed by atoms with Crippen molar-refractivity contribution in [3.63, 3.8) is 0 Å². The SMILES string of the molecule is CC(=O)CC(=O)[O-].CC(=O)CC(=O)[O-].CC(=O)CC(=O)[O-].[La+3]. The van der Waals surface area contributed by atoms with Crippen molar-refractivity contribution in [3.8, 4) is 0 Å². The number of hydrogen-bond donors (Lipinski definition) is 0. The van der Waals surface area contributed by atoms with E-state index in [4.69, 9.17) is 0 Å². The van der Waals surface area contributed by atoms with Crippen molar-refractivity contribution in [2.24, 2.45) is 0 Å². The van der Waals surface area contributed by atoms with Gasteiger partial charge < -0.3 is 29.7 Å². The molecule has 0 saturated carbocycles. The van der Waals surface area contributed by atoms with E-state index in [1.54, 1.807) is 0 Å². The van der Waals surface area contributed by atoms with Crippen molar-refractivity contribution >= 4 is 35.3 Å². The summed E-state index contributed by atoms with van der Waals surface area (Å²) in [6, 6.07) is 0. The number of Topliss-reactive ketones (excluding diaryl/α,β-unsaturated/α-hetero) is 3. The van der Waals surface area contributed by atoms with Crippen molar-refractivity contribution in [2.45, 2.75) is 40.0 Å². The van der Waals surface area contributed by atoms with E-state index in [0.717, 1.165) is 0 Å². The molecule has 0 spiro atoms. The van der Waals surface area contributed by atoms with Gasteiger partial charge in [-0.3, -0.25) is 14.4 Å². The van der Waals surface area contributed by atoms with Gasteiger partial charge in [0.15, 0.2) is 0 Å². The molecule has 0 amide bonds. The van der Waals surface area contributed by atoms with Crippen molar-refractivity contribution in [1.29, 1.82) is 0 Å². The van der Waals surface area contributed by atoms with Crippen LogP contribution in [0.5, 0.6) is 0 Å². The van der Waals surface area contributed by atoms with Crippen LogP contribution in [0.4, 0.5) is 0 Å². The summed E-state index contributed by atoms with van der Waals surface area (Å²) in [7, 11) is 0. The molecule has 0 aromatic carbocycles. The number of carboxylic acid groups (broad SMARTS) is 3. The number of carboxylic acids is 3. The molecule has 0 aliphatic carbocycles. The van der Waals surface area contributed by atoms with Gasteiger partial charge in [-0.2, -0.15) is 0 Å². The molecular formula is C12H15LaO9. The zero-order chi connectivity index (χ0) is 17.6. The first kappa shape index (κ1) is 28.7. The van der Waals surface area contributed by atoms with Gasteiger partial charge >= 0.3 is 35.6 Å². The number of rotatable bonds is 6. The topological polar surface area (TPSA) is 172 Å². The quantitative estimate of drug-likeness (QED) is 0.374. The Balaban J connectivity index is -0.000000108. The molecule has 0 aromatic rings. The molecule has 0 rings (SSSR count). The predicted molar refractivity (Wildman–Crippen MR) is 60.9 cm³/mol. The third-order valence-electron chi connectivity index (χ3n) is 1.18. The van der Waals surface area contributed by atoms with Crippen LogP contribution in [0.1, 0.15) is 40.0 Å². The summed E-state index contributed by atoms with van der Waals surface area (Å²) >= 11 is 0. The van der Waals surface area contributed by atoms with Crippen molar-refractivity contribution in [2.75, 3.05) is 0 Å². The number of aliphatic carboxylic acids is 3. The van der Waals surface area contributed by atoms with Gasteiger partial charge in [-0.05, 0) is 20.8 Å². The maximum Gasteiger partial charge on any atom is 3.00 e. The minimum Gasteiger partial charge on any atom is -0.550 e. The summed E-state index contributed by atoms with van der Waals surface area (Å²) in [6.45, 7) is 3.61. The van der Waals surface area contributed by atoms with Gasteiger partial charge in [0.05, 0.1) is 0 Å². The Kier molecular flexibility index (Phi) is 23.1. The van der Waals surface area contributed by atoms with Crippen molar-refractivity contribution < 1.29 is 79.7 Å². The van der Waals surface area contributed by atoms with Crippen molar-refractivity contribution in [1.82, 2.24) is 0 Å². The molecule has 0 heterocycles. The van der Waals surface area contributed by atoms with E-state index in [2.05, 4.69) is 0 Å². The molecule has 0 unspecified atom stereocenters. The fraction of sp³-hybridized carbons (Fsp3) is 0.500. The molecule has 0 aliphatic rings. The second kappa shape index (κ2) is 17.7. The van der Waals surface area contributed by atoms with Gasteiger partial charge in [0, 0.05) is 37.2 Å². The zero-order valence-corrected chi connectivity index (χ0v) is 16.0. The molecule has 0 aromatic heterocycles. The molecule has 120 valence electrons. The monoisotopic (exact) mass is 442 g/mol. The van der Waals surface area contributed by atoms with Crippen LogP contribution in [0.3, 0.4) is 0 Å². The van der Waals surface area contributed by atoms with E-state index < -0.39 is 37.2 Å². The van der Waals surface area contributed by atoms with Gasteiger partial charge in [-0.25, -0.2) is 0 Å². The average Bonchev–Trinajstić information content (AvgIpc) is 2.10. The first-order valence-electron chi connectivity index (χ1n) is 5.46. The van der Waals surface area contributed by atoms with Crippen LogP contribution >= 0.6 is 0 Å². The van der Waals surface area contributed by atoms with Gasteiger partial charge in [0.25, 0.3) is 0 Å². The maximum atomic E-state index is 9.83. The molecule has 9 nitrogen and oxygen atoms in total. The molecule has 0 atom stereocenters. The molecule has 10 heteroatoms. The summed E-state index contributed by atoms with van der Waals surface area (Å²) < 4.78 is 0. The molecule has 0 radical (unpaired) electrons. The normalized spacial score (nSPS) is 7.77. The summed E-state index contributed by atoms with van der Waals surface area (Å²) in [5.41, 5.74) is 0. The smallest absolute Gasteiger partial charge is 0.550 e. The van der Waals surface area contributed by atoms with Gasteiger partial charge in [0.2, 0.25) is 0 Å². The standard InChI is InChI=1S/3C4H6O3.La/c3*1-3(5)2-4(6)7;/h3*2H2,1H3,(H,6,7);/q;;;+3/p-3. The Morgan fingerprint density at radius 3 is 0.682 bits per heavy atom. The van der Waals surface area contributed by atoms with E-state index in [-0.39, 0.29) is 52.9 Å². The van der Waals surface area contributed by atoms with Gasteiger partial charge in [-0.1, -0.05) is 0 Å². The molecule has 0 fully saturated rings. The Bertz CT molecular complexity index is 317. The number of hydrogen-bond acceptors (Lipinski definition) is 9. The van der Waals surface area contributed by atoms with Gasteiger partial charge in [-0.15, -0.1) is 0 Å². The maximum absolute atomic E-state index is 9.83. The average molecular weight is 442 g/mol. The largest absolute Gasteiger partial charge is 3.00 e. The fourth-order valence-corrected chi connectivity index (χ4v) is 0.610. The summed E-state index contributed by atoms with van der Waals surface area (Å²) in [5.74, 6) is -5.06. The second-order valence-corrected chi connectivity index (χ2v) is 3.75. The van der Waals surface area contributed by atoms with Crippen LogP contribution < -0.4 is 15.3 Å². The van der Waals surface area contributed by atoms with Crippen LogP contribution in [0, 0.1) is 35.6 Å². The first-order valence-corrected chi connectivity index (χ1v) is 5.46. The van der Waals surface area contributed by atoms with E-state index in [9.17, 15) is 44.1 Å². The molecule has 0 saturated heterocycles. The van der Waals surface area contributed by atoms with Crippen LogP contribution in [0.25, 0.3) is 0 Å². The molecule has 0 aliphatic heterocycles. The third-order valence-corrected chi connectivity index (χ3v) is 1.18. The Morgan fingerprint density at radius 2 is 0.682 bits per heavy atom. The molecule has 22 heavy (non-hydrogen) atoms. The van der Waals surface area contributed by atoms with E-state index in [1.165, 1.54) is 20.8 Å². The summed E-state index contributed by atoms with van der Waals surface area (Å²) in [4.78, 5) is 57.9. The second-order valence-electron chi connectivity index (χ2n) is 3.75. The van der Waals surface area contributed by atoms with Crippen LogP contribution in [0.2, 0.25) is 0 Å². The Hall–Kier alpha value is -1.39. The first-order chi connectivity index (χ1) is 9.38. The summed E-state index contributed by atoms with van der Waals surface area (Å²) in [5, 5.41) is 28.4. The minimum atomic E-state index is -1.31. The molecule has 0 N–H and O–H groups in total. The minimum absolute atomic E-state index is 0. The summed E-state index contributed by atoms with van der Waals surface area (Å²) in [6.07, 6.45) is -1.42. The molecular weight excluding hydrogens is 427 g/mol. The van der Waals surface area contributed by atoms with E-state index >= 15 is 0 Å². The molecule has 0 bridgehead atoms. The fourth-order valence-electron chi connectivity index (χ4n) is 0.610. The Morgan fingerprint density at radius 1 is 0.545 bits per heavy atom. The zero-order valence-electron chi connectivity index (χ0n) is 12.4. The number of carbonyl (C=O) groups excluding carboxylic acids is 6. The van der Waals surface area contributed by atoms with Gasteiger partial charge in [0.1, 0.15) is 17.3 Å². The third kappa shape index (κ3) is 51.3. The van der Waals surface area contributed by atoms with E-state index in [1.807, 2.05) is 0 Å². The number of carbonyl (C=O) groups is 6. The predicted octanol–water partition coefficient (Wildman–Crippen LogP) is -3.85. The van der Waals surface area contributed by atoms with E-state index in [0.29, 0.717) is 0 Å². The van der Waals surface area contributed by atoms with Crippen LogP contribution in [-0.2, 0) is 28.8 Å². The Labute approximate surface area is 154 Å². The van der Waals surface area contributed by atoms with Crippen LogP contribution in [-0.4, -0.2) is 35.3 Å². The van der Waals surface area contributed by atoms with Crippen LogP contribution in [0.15, 0.2) is 0 Å².